The van der Waals surface area contributed by atoms with Crippen LogP contribution >= 0.6 is 11.8 Å². The van der Waals surface area contributed by atoms with Gasteiger partial charge >= 0.3 is 6.01 Å². The Hall–Kier alpha value is -3.40. The fourth-order valence-corrected chi connectivity index (χ4v) is 3.36. The zero-order valence-corrected chi connectivity index (χ0v) is 17.9. The molecule has 0 bridgehead atoms. The lowest BCUT2D eigenvalue weighted by atomic mass is 10.1. The SMILES string of the molecule is CSCCOc1nc(N[C@@H](C)c2ccc(F)cc2)cc(-c2c(N)nn3cccnc23)n1. The minimum absolute atomic E-state index is 0.123. The Morgan fingerprint density at radius 1 is 1.26 bits per heavy atom. The molecule has 0 saturated carbocycles. The number of ether oxygens (including phenoxy) is 1. The van der Waals surface area contributed by atoms with Crippen LogP contribution in [0.4, 0.5) is 16.0 Å². The van der Waals surface area contributed by atoms with Gasteiger partial charge in [-0.15, -0.1) is 5.10 Å². The molecule has 10 heteroatoms. The van der Waals surface area contributed by atoms with Crippen molar-refractivity contribution in [2.45, 2.75) is 13.0 Å². The molecule has 0 saturated heterocycles. The number of fused-ring (bicyclic) bond motifs is 1. The first-order valence-electron chi connectivity index (χ1n) is 9.67. The van der Waals surface area contributed by atoms with Crippen LogP contribution in [0.25, 0.3) is 16.9 Å². The number of benzene rings is 1. The Bertz CT molecular complexity index is 1180. The number of nitrogens with two attached hydrogens (primary N) is 1. The Balaban J connectivity index is 1.71. The second-order valence-corrected chi connectivity index (χ2v) is 7.81. The summed E-state index contributed by atoms with van der Waals surface area (Å²) in [5.74, 6) is 1.39. The molecule has 3 aromatic heterocycles. The average molecular weight is 440 g/mol. The molecule has 0 aliphatic carbocycles. The summed E-state index contributed by atoms with van der Waals surface area (Å²) in [4.78, 5) is 13.4. The van der Waals surface area contributed by atoms with Crippen LogP contribution in [0.2, 0.25) is 0 Å². The first-order valence-corrected chi connectivity index (χ1v) is 11.1. The Kier molecular flexibility index (Phi) is 6.17. The zero-order chi connectivity index (χ0) is 21.8. The van der Waals surface area contributed by atoms with Crippen LogP contribution in [0.5, 0.6) is 6.01 Å². The highest BCUT2D eigenvalue weighted by atomic mass is 32.2. The summed E-state index contributed by atoms with van der Waals surface area (Å²) in [6.45, 7) is 2.44. The Morgan fingerprint density at radius 2 is 2.06 bits per heavy atom. The van der Waals surface area contributed by atoms with E-state index in [-0.39, 0.29) is 17.9 Å². The highest BCUT2D eigenvalue weighted by molar-refractivity contribution is 7.98. The van der Waals surface area contributed by atoms with Crippen LogP contribution in [0.3, 0.4) is 0 Å². The van der Waals surface area contributed by atoms with Gasteiger partial charge in [0.1, 0.15) is 18.2 Å². The molecule has 0 spiro atoms. The number of aromatic nitrogens is 5. The van der Waals surface area contributed by atoms with Gasteiger partial charge in [0.15, 0.2) is 11.5 Å². The molecule has 0 aliphatic heterocycles. The van der Waals surface area contributed by atoms with Crippen LogP contribution in [0, 0.1) is 5.82 Å². The summed E-state index contributed by atoms with van der Waals surface area (Å²) in [6.07, 6.45) is 5.45. The third kappa shape index (κ3) is 4.69. The van der Waals surface area contributed by atoms with Crippen LogP contribution in [-0.2, 0) is 0 Å². The molecule has 4 aromatic rings. The van der Waals surface area contributed by atoms with Crippen molar-refractivity contribution in [2.24, 2.45) is 0 Å². The lowest BCUT2D eigenvalue weighted by Gasteiger charge is -2.16. The van der Waals surface area contributed by atoms with Crippen LogP contribution in [0.15, 0.2) is 48.8 Å². The lowest BCUT2D eigenvalue weighted by molar-refractivity contribution is 0.317. The van der Waals surface area contributed by atoms with Gasteiger partial charge in [-0.25, -0.2) is 13.9 Å². The van der Waals surface area contributed by atoms with Crippen molar-refractivity contribution in [2.75, 3.05) is 29.7 Å². The van der Waals surface area contributed by atoms with Crippen molar-refractivity contribution >= 4 is 29.0 Å². The summed E-state index contributed by atoms with van der Waals surface area (Å²) < 4.78 is 20.6. The van der Waals surface area contributed by atoms with E-state index >= 15 is 0 Å². The number of halogens is 1. The van der Waals surface area contributed by atoms with Gasteiger partial charge in [0.25, 0.3) is 0 Å². The molecule has 0 amide bonds. The maximum Gasteiger partial charge on any atom is 0.318 e. The van der Waals surface area contributed by atoms with E-state index in [1.807, 2.05) is 13.2 Å². The second-order valence-electron chi connectivity index (χ2n) is 6.83. The highest BCUT2D eigenvalue weighted by Gasteiger charge is 2.18. The van der Waals surface area contributed by atoms with Crippen LogP contribution < -0.4 is 15.8 Å². The summed E-state index contributed by atoms with van der Waals surface area (Å²) in [5, 5.41) is 7.64. The smallest absolute Gasteiger partial charge is 0.318 e. The maximum absolute atomic E-state index is 13.3. The van der Waals surface area contributed by atoms with E-state index in [2.05, 4.69) is 25.4 Å². The molecule has 160 valence electrons. The quantitative estimate of drug-likeness (QED) is 0.399. The largest absolute Gasteiger partial charge is 0.463 e. The third-order valence-corrected chi connectivity index (χ3v) is 5.21. The van der Waals surface area contributed by atoms with Crippen molar-refractivity contribution in [1.29, 1.82) is 0 Å². The van der Waals surface area contributed by atoms with Crippen LogP contribution in [0.1, 0.15) is 18.5 Å². The summed E-state index contributed by atoms with van der Waals surface area (Å²) >= 11 is 1.67. The van der Waals surface area contributed by atoms with Gasteiger partial charge in [-0.05, 0) is 36.9 Å². The van der Waals surface area contributed by atoms with E-state index < -0.39 is 0 Å². The standard InChI is InChI=1S/C21H22FN7OS/c1-13(14-4-6-15(22)7-5-14)25-17-12-16(26-21(27-17)30-10-11-31-2)18-19(23)28-29-9-3-8-24-20(18)29/h3-9,12-13H,10-11H2,1-2H3,(H2,23,28)(H,25,26,27)/t13-/m0/s1. The van der Waals surface area contributed by atoms with E-state index in [1.54, 1.807) is 52.9 Å². The number of anilines is 2. The molecule has 31 heavy (non-hydrogen) atoms. The number of nitrogen functional groups attached to an aromatic ring is 1. The third-order valence-electron chi connectivity index (χ3n) is 4.64. The number of hydrogen-bond donors (Lipinski definition) is 2. The summed E-state index contributed by atoms with van der Waals surface area (Å²) in [5.41, 5.74) is 8.85. The molecule has 0 fully saturated rings. The van der Waals surface area contributed by atoms with Gasteiger partial charge in [0, 0.05) is 30.3 Å². The Labute approximate surface area is 183 Å². The Morgan fingerprint density at radius 3 is 2.84 bits per heavy atom. The molecule has 4 rings (SSSR count). The monoisotopic (exact) mass is 439 g/mol. The van der Waals surface area contributed by atoms with E-state index in [4.69, 9.17) is 10.5 Å². The number of nitrogens with zero attached hydrogens (tertiary/aromatic N) is 5. The molecular formula is C21H22FN7OS. The molecular weight excluding hydrogens is 417 g/mol. The molecule has 1 aromatic carbocycles. The fraction of sp³-hybridized carbons (Fsp3) is 0.238. The van der Waals surface area contributed by atoms with Crippen LogP contribution in [-0.4, -0.2) is 43.2 Å². The molecule has 0 aliphatic rings. The second kappa shape index (κ2) is 9.17. The zero-order valence-electron chi connectivity index (χ0n) is 17.1. The predicted octanol–water partition coefficient (Wildman–Crippen LogP) is 3.82. The number of nitrogens with one attached hydrogen (secondary N) is 1. The first kappa shape index (κ1) is 20.9. The molecule has 8 nitrogen and oxygen atoms in total. The lowest BCUT2D eigenvalue weighted by Crippen LogP contribution is -2.11. The van der Waals surface area contributed by atoms with Crippen molar-refractivity contribution in [3.05, 3.63) is 60.2 Å². The minimum Gasteiger partial charge on any atom is -0.463 e. The molecule has 0 radical (unpaired) electrons. The van der Waals surface area contributed by atoms with E-state index in [1.165, 1.54) is 12.1 Å². The topological polar surface area (TPSA) is 103 Å². The summed E-state index contributed by atoms with van der Waals surface area (Å²) in [6, 6.07) is 10.00. The van der Waals surface area contributed by atoms with Gasteiger partial charge in [0.05, 0.1) is 11.3 Å². The van der Waals surface area contributed by atoms with Gasteiger partial charge < -0.3 is 15.8 Å². The highest BCUT2D eigenvalue weighted by Crippen LogP contribution is 2.31. The van der Waals surface area contributed by atoms with E-state index in [0.717, 1.165) is 11.3 Å². The summed E-state index contributed by atoms with van der Waals surface area (Å²) in [7, 11) is 0. The minimum atomic E-state index is -0.277. The van der Waals surface area contributed by atoms with E-state index in [0.29, 0.717) is 35.1 Å². The first-order chi connectivity index (χ1) is 15.0. The normalized spacial score (nSPS) is 12.1. The maximum atomic E-state index is 13.3. The predicted molar refractivity (Wildman–Crippen MR) is 121 cm³/mol. The van der Waals surface area contributed by atoms with Crippen molar-refractivity contribution in [1.82, 2.24) is 24.6 Å². The number of rotatable bonds is 8. The molecule has 3 heterocycles. The fourth-order valence-electron chi connectivity index (χ4n) is 3.11. The molecule has 0 unspecified atom stereocenters. The van der Waals surface area contributed by atoms with Crippen molar-refractivity contribution in [3.8, 4) is 17.3 Å². The van der Waals surface area contributed by atoms with Crippen molar-refractivity contribution < 1.29 is 9.13 Å². The average Bonchev–Trinajstić information content (AvgIpc) is 3.10. The molecule has 3 N–H and O–H groups in total. The van der Waals surface area contributed by atoms with E-state index in [9.17, 15) is 4.39 Å². The van der Waals surface area contributed by atoms with Gasteiger partial charge in [-0.3, -0.25) is 0 Å². The number of thioether (sulfide) groups is 1. The molecule has 1 atom stereocenters. The van der Waals surface area contributed by atoms with Gasteiger partial charge in [0.2, 0.25) is 0 Å². The van der Waals surface area contributed by atoms with Gasteiger partial charge in [-0.1, -0.05) is 12.1 Å². The van der Waals surface area contributed by atoms with Crippen molar-refractivity contribution in [3.63, 3.8) is 0 Å². The van der Waals surface area contributed by atoms with Gasteiger partial charge in [-0.2, -0.15) is 21.7 Å². The number of hydrogen-bond acceptors (Lipinski definition) is 8.